The van der Waals surface area contributed by atoms with E-state index in [4.69, 9.17) is 16.0 Å². The van der Waals surface area contributed by atoms with Crippen LogP contribution in [0.15, 0.2) is 82.1 Å². The summed E-state index contributed by atoms with van der Waals surface area (Å²) >= 11 is 7.02. The lowest BCUT2D eigenvalue weighted by Crippen LogP contribution is -2.27. The number of nitro benzene ring substituents is 1. The van der Waals surface area contributed by atoms with Gasteiger partial charge in [0.2, 0.25) is 0 Å². The molecule has 0 radical (unpaired) electrons. The number of non-ortho nitro benzene ring substituents is 1. The highest BCUT2D eigenvalue weighted by molar-refractivity contribution is 8.18. The van der Waals surface area contributed by atoms with E-state index in [0.29, 0.717) is 22.1 Å². The zero-order valence-electron chi connectivity index (χ0n) is 17.4. The van der Waals surface area contributed by atoms with Gasteiger partial charge in [0.15, 0.2) is 0 Å². The van der Waals surface area contributed by atoms with Crippen LogP contribution in [0.25, 0.3) is 28.2 Å². The van der Waals surface area contributed by atoms with Crippen LogP contribution in [0, 0.1) is 10.1 Å². The van der Waals surface area contributed by atoms with Crippen molar-refractivity contribution in [3.8, 4) is 11.3 Å². The molecule has 9 heteroatoms. The second-order valence-corrected chi connectivity index (χ2v) is 8.97. The molecule has 0 saturated carbocycles. The predicted octanol–water partition coefficient (Wildman–Crippen LogP) is 6.90. The van der Waals surface area contributed by atoms with Crippen LogP contribution >= 0.6 is 23.4 Å². The molecule has 1 fully saturated rings. The number of imide groups is 1. The molecule has 5 rings (SSSR count). The van der Waals surface area contributed by atoms with Crippen LogP contribution in [0.5, 0.6) is 0 Å². The normalized spacial score (nSPS) is 15.0. The highest BCUT2D eigenvalue weighted by Crippen LogP contribution is 2.36. The molecular weight excluding hydrogens is 476 g/mol. The molecule has 2 heterocycles. The minimum atomic E-state index is -0.519. The van der Waals surface area contributed by atoms with Gasteiger partial charge < -0.3 is 4.42 Å². The summed E-state index contributed by atoms with van der Waals surface area (Å²) in [5.41, 5.74) is 1.09. The van der Waals surface area contributed by atoms with Crippen molar-refractivity contribution in [1.82, 2.24) is 4.90 Å². The maximum atomic E-state index is 12.9. The van der Waals surface area contributed by atoms with E-state index in [1.807, 2.05) is 42.5 Å². The Labute approximate surface area is 202 Å². The Bertz CT molecular complexity index is 1510. The van der Waals surface area contributed by atoms with Crippen molar-refractivity contribution in [3.63, 3.8) is 0 Å². The summed E-state index contributed by atoms with van der Waals surface area (Å²) in [4.78, 5) is 37.4. The van der Waals surface area contributed by atoms with Crippen molar-refractivity contribution >= 4 is 57.0 Å². The summed E-state index contributed by atoms with van der Waals surface area (Å²) < 4.78 is 5.75. The fraction of sp³-hybridized carbons (Fsp3) is 0.0400. The molecule has 0 unspecified atom stereocenters. The highest BCUT2D eigenvalue weighted by atomic mass is 35.5. The standard InChI is InChI=1S/C25H15ClN2O5S/c26-21-9-7-18(28(31)32)12-20(21)22-10-8-19(33-22)13-23-24(29)27(25(30)34-23)14-15-5-6-16-3-1-2-4-17(16)11-15/h1-13H,14H2/b23-13-. The van der Waals surface area contributed by atoms with Gasteiger partial charge in [-0.15, -0.1) is 0 Å². The van der Waals surface area contributed by atoms with Gasteiger partial charge in [-0.05, 0) is 52.4 Å². The van der Waals surface area contributed by atoms with Crippen LogP contribution in [0.1, 0.15) is 11.3 Å². The van der Waals surface area contributed by atoms with Gasteiger partial charge in [-0.3, -0.25) is 24.6 Å². The number of rotatable bonds is 5. The van der Waals surface area contributed by atoms with Crippen molar-refractivity contribution in [2.24, 2.45) is 0 Å². The van der Waals surface area contributed by atoms with Crippen LogP contribution in [-0.2, 0) is 11.3 Å². The number of fused-ring (bicyclic) bond motifs is 1. The van der Waals surface area contributed by atoms with Crippen LogP contribution in [0.2, 0.25) is 5.02 Å². The van der Waals surface area contributed by atoms with Crippen molar-refractivity contribution < 1.29 is 18.9 Å². The van der Waals surface area contributed by atoms with Gasteiger partial charge in [0, 0.05) is 23.8 Å². The third kappa shape index (κ3) is 4.21. The van der Waals surface area contributed by atoms with Gasteiger partial charge in [-0.1, -0.05) is 48.0 Å². The van der Waals surface area contributed by atoms with E-state index in [1.165, 1.54) is 29.2 Å². The van der Waals surface area contributed by atoms with Gasteiger partial charge >= 0.3 is 0 Å². The summed E-state index contributed by atoms with van der Waals surface area (Å²) in [6, 6.07) is 21.0. The molecule has 34 heavy (non-hydrogen) atoms. The first-order valence-electron chi connectivity index (χ1n) is 10.2. The van der Waals surface area contributed by atoms with Crippen LogP contribution < -0.4 is 0 Å². The van der Waals surface area contributed by atoms with E-state index in [2.05, 4.69) is 0 Å². The molecule has 168 valence electrons. The molecule has 0 N–H and O–H groups in total. The number of nitrogens with zero attached hydrogens (tertiary/aromatic N) is 2. The monoisotopic (exact) mass is 490 g/mol. The second-order valence-electron chi connectivity index (χ2n) is 7.57. The molecule has 1 aliphatic heterocycles. The van der Waals surface area contributed by atoms with Crippen LogP contribution in [0.4, 0.5) is 10.5 Å². The Balaban J connectivity index is 1.37. The lowest BCUT2D eigenvalue weighted by molar-refractivity contribution is -0.384. The van der Waals surface area contributed by atoms with Gasteiger partial charge in [0.05, 0.1) is 21.4 Å². The van der Waals surface area contributed by atoms with Gasteiger partial charge in [-0.25, -0.2) is 0 Å². The SMILES string of the molecule is O=C1S/C(=C\c2ccc(-c3cc([N+](=O)[O-])ccc3Cl)o2)C(=O)N1Cc1ccc2ccccc2c1. The maximum absolute atomic E-state index is 12.9. The summed E-state index contributed by atoms with van der Waals surface area (Å²) in [5, 5.41) is 13.1. The number of carbonyl (C=O) groups excluding carboxylic acids is 2. The van der Waals surface area contributed by atoms with Crippen LogP contribution in [0.3, 0.4) is 0 Å². The summed E-state index contributed by atoms with van der Waals surface area (Å²) in [5.74, 6) is 0.235. The summed E-state index contributed by atoms with van der Waals surface area (Å²) in [7, 11) is 0. The first-order valence-corrected chi connectivity index (χ1v) is 11.4. The second kappa shape index (κ2) is 8.81. The highest BCUT2D eigenvalue weighted by Gasteiger charge is 2.35. The first kappa shape index (κ1) is 21.9. The van der Waals surface area contributed by atoms with Gasteiger partial charge in [-0.2, -0.15) is 0 Å². The minimum Gasteiger partial charge on any atom is -0.457 e. The number of nitro groups is 1. The summed E-state index contributed by atoms with van der Waals surface area (Å²) in [6.45, 7) is 0.166. The Morgan fingerprint density at radius 3 is 2.59 bits per heavy atom. The first-order chi connectivity index (χ1) is 16.4. The van der Waals surface area contributed by atoms with Gasteiger partial charge in [0.25, 0.3) is 16.8 Å². The summed E-state index contributed by atoms with van der Waals surface area (Å²) in [6.07, 6.45) is 1.49. The third-order valence-corrected chi connectivity index (χ3v) is 6.59. The fourth-order valence-electron chi connectivity index (χ4n) is 3.68. The average Bonchev–Trinajstić information content (AvgIpc) is 3.39. The molecule has 0 aliphatic carbocycles. The van der Waals surface area contributed by atoms with E-state index >= 15 is 0 Å². The number of furan rings is 1. The Morgan fingerprint density at radius 2 is 1.79 bits per heavy atom. The molecular formula is C25H15ClN2O5S. The fourth-order valence-corrected chi connectivity index (χ4v) is 4.71. The topological polar surface area (TPSA) is 93.7 Å². The van der Waals surface area contributed by atoms with E-state index < -0.39 is 10.8 Å². The van der Waals surface area contributed by atoms with Gasteiger partial charge in [0.1, 0.15) is 11.5 Å². The van der Waals surface area contributed by atoms with E-state index in [-0.39, 0.29) is 22.4 Å². The molecule has 1 aromatic heterocycles. The van der Waals surface area contributed by atoms with Crippen molar-refractivity contribution in [3.05, 3.63) is 104 Å². The number of hydrogen-bond acceptors (Lipinski definition) is 6. The van der Waals surface area contributed by atoms with E-state index in [9.17, 15) is 19.7 Å². The van der Waals surface area contributed by atoms with Crippen molar-refractivity contribution in [2.45, 2.75) is 6.54 Å². The quantitative estimate of drug-likeness (QED) is 0.171. The zero-order valence-corrected chi connectivity index (χ0v) is 19.0. The molecule has 4 aromatic rings. The number of amides is 2. The largest absolute Gasteiger partial charge is 0.457 e. The lowest BCUT2D eigenvalue weighted by Gasteiger charge is -2.13. The molecule has 2 amide bonds. The zero-order chi connectivity index (χ0) is 23.8. The molecule has 0 bridgehead atoms. The maximum Gasteiger partial charge on any atom is 0.293 e. The Morgan fingerprint density at radius 1 is 1.00 bits per heavy atom. The number of halogens is 1. The number of thioether (sulfide) groups is 1. The van der Waals surface area contributed by atoms with Crippen molar-refractivity contribution in [2.75, 3.05) is 0 Å². The number of benzene rings is 3. The number of hydrogen-bond donors (Lipinski definition) is 0. The van der Waals surface area contributed by atoms with Crippen molar-refractivity contribution in [1.29, 1.82) is 0 Å². The minimum absolute atomic E-state index is 0.118. The van der Waals surface area contributed by atoms with E-state index in [1.54, 1.807) is 12.1 Å². The Kier molecular flexibility index (Phi) is 5.69. The molecule has 0 spiro atoms. The van der Waals surface area contributed by atoms with E-state index in [0.717, 1.165) is 28.1 Å². The van der Waals surface area contributed by atoms with Crippen LogP contribution in [-0.4, -0.2) is 21.0 Å². The third-order valence-electron chi connectivity index (χ3n) is 5.35. The molecule has 3 aromatic carbocycles. The number of carbonyl (C=O) groups is 2. The smallest absolute Gasteiger partial charge is 0.293 e. The average molecular weight is 491 g/mol. The molecule has 0 atom stereocenters. The lowest BCUT2D eigenvalue weighted by atomic mass is 10.1. The molecule has 7 nitrogen and oxygen atoms in total. The molecule has 1 saturated heterocycles. The predicted molar refractivity (Wildman–Crippen MR) is 131 cm³/mol. The Hall–Kier alpha value is -3.88. The molecule has 1 aliphatic rings.